The third-order valence-corrected chi connectivity index (χ3v) is 4.82. The van der Waals surface area contributed by atoms with Crippen LogP contribution in [0.3, 0.4) is 0 Å². The maximum atomic E-state index is 12.0. The second kappa shape index (κ2) is 4.02. The lowest BCUT2D eigenvalue weighted by Crippen LogP contribution is -2.50. The third kappa shape index (κ3) is 2.25. The molecule has 17 heavy (non-hydrogen) atoms. The van der Waals surface area contributed by atoms with E-state index in [4.69, 9.17) is 23.2 Å². The third-order valence-electron chi connectivity index (χ3n) is 3.72. The number of nitrogens with one attached hydrogen (secondary N) is 1. The predicted molar refractivity (Wildman–Crippen MR) is 66.0 cm³/mol. The largest absolute Gasteiger partial charge is 0.351 e. The normalized spacial score (nSPS) is 35.6. The van der Waals surface area contributed by atoms with Crippen molar-refractivity contribution in [2.45, 2.75) is 36.6 Å². The van der Waals surface area contributed by atoms with Crippen molar-refractivity contribution in [1.82, 2.24) is 10.2 Å². The zero-order valence-electron chi connectivity index (χ0n) is 9.93. The van der Waals surface area contributed by atoms with E-state index in [9.17, 15) is 9.59 Å². The number of alkyl halides is 2. The number of hydrogen-bond acceptors (Lipinski definition) is 2. The van der Waals surface area contributed by atoms with E-state index in [2.05, 4.69) is 5.32 Å². The Morgan fingerprint density at radius 3 is 2.59 bits per heavy atom. The van der Waals surface area contributed by atoms with E-state index in [1.54, 1.807) is 18.9 Å². The zero-order valence-corrected chi connectivity index (χ0v) is 11.4. The number of rotatable bonds is 2. The molecule has 1 N–H and O–H groups in total. The molecular formula is C11H16Cl2N2O2. The van der Waals surface area contributed by atoms with Gasteiger partial charge in [-0.15, -0.1) is 23.2 Å². The Morgan fingerprint density at radius 1 is 1.53 bits per heavy atom. The first kappa shape index (κ1) is 13.0. The number of halogens is 2. The summed E-state index contributed by atoms with van der Waals surface area (Å²) in [6.07, 6.45) is 1.64. The monoisotopic (exact) mass is 278 g/mol. The van der Waals surface area contributed by atoms with Crippen LogP contribution in [0.5, 0.6) is 0 Å². The van der Waals surface area contributed by atoms with Gasteiger partial charge in [0.2, 0.25) is 11.8 Å². The quantitative estimate of drug-likeness (QED) is 0.775. The molecule has 1 aliphatic carbocycles. The Bertz CT molecular complexity index is 372. The van der Waals surface area contributed by atoms with E-state index in [0.717, 1.165) is 0 Å². The Labute approximate surface area is 111 Å². The van der Waals surface area contributed by atoms with E-state index in [-0.39, 0.29) is 17.9 Å². The summed E-state index contributed by atoms with van der Waals surface area (Å²) in [7, 11) is 1.74. The van der Waals surface area contributed by atoms with Gasteiger partial charge in [0.05, 0.1) is 5.41 Å². The van der Waals surface area contributed by atoms with Gasteiger partial charge in [0.25, 0.3) is 0 Å². The predicted octanol–water partition coefficient (Wildman–Crippen LogP) is 1.31. The van der Waals surface area contributed by atoms with Crippen LogP contribution in [0.1, 0.15) is 26.2 Å². The van der Waals surface area contributed by atoms with Gasteiger partial charge in [-0.1, -0.05) is 0 Å². The minimum Gasteiger partial charge on any atom is -0.351 e. The molecule has 2 amide bonds. The molecule has 0 radical (unpaired) electrons. The lowest BCUT2D eigenvalue weighted by Gasteiger charge is -2.31. The van der Waals surface area contributed by atoms with E-state index >= 15 is 0 Å². The minimum absolute atomic E-state index is 0.00626. The lowest BCUT2D eigenvalue weighted by molar-refractivity contribution is -0.134. The standard InChI is InChI=1S/C11H16Cl2N2O2/c1-10(6-11(10,12)13)9(17)14-7-3-4-8(16)15(2)5-7/h7H,3-6H2,1-2H3,(H,14,17)/t7-,10+/m1/s1. The fourth-order valence-corrected chi connectivity index (χ4v) is 2.83. The van der Waals surface area contributed by atoms with Crippen molar-refractivity contribution < 1.29 is 9.59 Å². The van der Waals surface area contributed by atoms with Gasteiger partial charge in [-0.3, -0.25) is 9.59 Å². The van der Waals surface area contributed by atoms with Crippen molar-refractivity contribution in [1.29, 1.82) is 0 Å². The summed E-state index contributed by atoms with van der Waals surface area (Å²) in [6, 6.07) is 0.00626. The van der Waals surface area contributed by atoms with Gasteiger partial charge in [0.1, 0.15) is 4.33 Å². The second-order valence-corrected chi connectivity index (χ2v) is 6.68. The molecule has 0 aromatic rings. The number of hydrogen-bond donors (Lipinski definition) is 1. The van der Waals surface area contributed by atoms with Crippen LogP contribution in [-0.2, 0) is 9.59 Å². The Kier molecular flexibility index (Phi) is 3.07. The highest BCUT2D eigenvalue weighted by atomic mass is 35.5. The molecule has 96 valence electrons. The summed E-state index contributed by atoms with van der Waals surface area (Å²) in [4.78, 5) is 25.0. The van der Waals surface area contributed by atoms with Crippen LogP contribution in [0.15, 0.2) is 0 Å². The van der Waals surface area contributed by atoms with Gasteiger partial charge >= 0.3 is 0 Å². The van der Waals surface area contributed by atoms with Crippen molar-refractivity contribution >= 4 is 35.0 Å². The summed E-state index contributed by atoms with van der Waals surface area (Å²) in [5.41, 5.74) is -0.684. The van der Waals surface area contributed by atoms with E-state index in [1.165, 1.54) is 0 Å². The number of carbonyl (C=O) groups is 2. The number of likely N-dealkylation sites (N-methyl/N-ethyl adjacent to an activating group) is 1. The van der Waals surface area contributed by atoms with Gasteiger partial charge in [-0.2, -0.15) is 0 Å². The number of piperidine rings is 1. The summed E-state index contributed by atoms with van der Waals surface area (Å²) >= 11 is 11.9. The molecule has 2 rings (SSSR count). The van der Waals surface area contributed by atoms with Crippen LogP contribution in [0.2, 0.25) is 0 Å². The van der Waals surface area contributed by atoms with Gasteiger partial charge < -0.3 is 10.2 Å². The highest BCUT2D eigenvalue weighted by Crippen LogP contribution is 2.63. The molecule has 0 aromatic heterocycles. The molecule has 1 heterocycles. The SMILES string of the molecule is CN1C[C@H](NC(=O)[C@]2(C)CC2(Cl)Cl)CCC1=O. The van der Waals surface area contributed by atoms with Crippen LogP contribution in [0, 0.1) is 5.41 Å². The van der Waals surface area contributed by atoms with E-state index in [1.807, 2.05) is 0 Å². The number of carbonyl (C=O) groups excluding carboxylic acids is 2. The fraction of sp³-hybridized carbons (Fsp3) is 0.818. The average molecular weight is 279 g/mol. The van der Waals surface area contributed by atoms with Crippen LogP contribution >= 0.6 is 23.2 Å². The summed E-state index contributed by atoms with van der Waals surface area (Å²) in [6.45, 7) is 2.32. The number of nitrogens with zero attached hydrogens (tertiary/aromatic N) is 1. The van der Waals surface area contributed by atoms with Crippen molar-refractivity contribution in [2.75, 3.05) is 13.6 Å². The van der Waals surface area contributed by atoms with E-state index < -0.39 is 9.75 Å². The number of likely N-dealkylation sites (tertiary alicyclic amines) is 1. The van der Waals surface area contributed by atoms with Crippen LogP contribution in [0.25, 0.3) is 0 Å². The molecule has 0 unspecified atom stereocenters. The highest BCUT2D eigenvalue weighted by Gasteiger charge is 2.68. The molecule has 4 nitrogen and oxygen atoms in total. The molecule has 2 fully saturated rings. The molecule has 1 aliphatic heterocycles. The van der Waals surface area contributed by atoms with Crippen LogP contribution < -0.4 is 5.32 Å². The first-order valence-corrected chi connectivity index (χ1v) is 6.45. The van der Waals surface area contributed by atoms with Gasteiger partial charge in [-0.25, -0.2) is 0 Å². The summed E-state index contributed by atoms with van der Waals surface area (Å²) in [5.74, 6) is 0.00687. The lowest BCUT2D eigenvalue weighted by atomic mass is 10.0. The molecular weight excluding hydrogens is 263 g/mol. The van der Waals surface area contributed by atoms with Gasteiger partial charge in [-0.05, 0) is 19.8 Å². The molecule has 2 atom stereocenters. The van der Waals surface area contributed by atoms with Crippen molar-refractivity contribution in [2.24, 2.45) is 5.41 Å². The van der Waals surface area contributed by atoms with Crippen LogP contribution in [-0.4, -0.2) is 40.7 Å². The number of amides is 2. The molecule has 0 aromatic carbocycles. The minimum atomic E-state index is -0.937. The first-order valence-electron chi connectivity index (χ1n) is 5.69. The molecule has 2 aliphatic rings. The molecule has 1 saturated heterocycles. The highest BCUT2D eigenvalue weighted by molar-refractivity contribution is 6.53. The topological polar surface area (TPSA) is 49.4 Å². The summed E-state index contributed by atoms with van der Waals surface area (Å²) in [5, 5.41) is 2.93. The van der Waals surface area contributed by atoms with Gasteiger partial charge in [0, 0.05) is 26.1 Å². The fourth-order valence-electron chi connectivity index (χ4n) is 2.12. The van der Waals surface area contributed by atoms with Crippen molar-refractivity contribution in [3.8, 4) is 0 Å². The molecule has 0 spiro atoms. The van der Waals surface area contributed by atoms with Crippen molar-refractivity contribution in [3.05, 3.63) is 0 Å². The average Bonchev–Trinajstić information content (AvgIpc) is 2.74. The Balaban J connectivity index is 1.91. The van der Waals surface area contributed by atoms with Gasteiger partial charge in [0.15, 0.2) is 0 Å². The molecule has 6 heteroatoms. The zero-order chi connectivity index (χ0) is 12.8. The maximum absolute atomic E-state index is 12.0. The second-order valence-electron chi connectivity index (χ2n) is 5.20. The maximum Gasteiger partial charge on any atom is 0.229 e. The molecule has 0 bridgehead atoms. The van der Waals surface area contributed by atoms with E-state index in [0.29, 0.717) is 25.8 Å². The summed E-state index contributed by atoms with van der Waals surface area (Å²) < 4.78 is -0.937. The molecule has 1 saturated carbocycles. The smallest absolute Gasteiger partial charge is 0.229 e. The Morgan fingerprint density at radius 2 is 2.12 bits per heavy atom. The first-order chi connectivity index (χ1) is 7.76. The Hall–Kier alpha value is -0.480. The van der Waals surface area contributed by atoms with Crippen LogP contribution in [0.4, 0.5) is 0 Å². The van der Waals surface area contributed by atoms with Crippen molar-refractivity contribution in [3.63, 3.8) is 0 Å².